The van der Waals surface area contributed by atoms with Crippen molar-refractivity contribution in [3.05, 3.63) is 30.4 Å². The van der Waals surface area contributed by atoms with Gasteiger partial charge in [0.1, 0.15) is 12.1 Å². The van der Waals surface area contributed by atoms with Crippen LogP contribution in [0.25, 0.3) is 11.4 Å². The van der Waals surface area contributed by atoms with E-state index in [9.17, 15) is 4.79 Å². The summed E-state index contributed by atoms with van der Waals surface area (Å²) < 4.78 is 10.2. The van der Waals surface area contributed by atoms with E-state index < -0.39 is 12.1 Å². The predicted octanol–water partition coefficient (Wildman–Crippen LogP) is 1.76. The number of carbonyl (C=O) groups is 1. The van der Waals surface area contributed by atoms with Gasteiger partial charge >= 0.3 is 0 Å². The number of pyridine rings is 1. The molecular formula is C15H23Cl2N5O3. The number of nitrogens with two attached hydrogens (primary N) is 1. The van der Waals surface area contributed by atoms with Crippen LogP contribution >= 0.6 is 24.8 Å². The van der Waals surface area contributed by atoms with Gasteiger partial charge in [-0.15, -0.1) is 24.8 Å². The molecule has 0 fully saturated rings. The van der Waals surface area contributed by atoms with Crippen LogP contribution in [0.4, 0.5) is 0 Å². The highest BCUT2D eigenvalue weighted by molar-refractivity contribution is 5.85. The minimum atomic E-state index is -0.748. The van der Waals surface area contributed by atoms with Gasteiger partial charge in [0.2, 0.25) is 17.6 Å². The zero-order valence-electron chi connectivity index (χ0n) is 14.2. The van der Waals surface area contributed by atoms with Crippen molar-refractivity contribution in [3.63, 3.8) is 0 Å². The smallest absolute Gasteiger partial charge is 0.249 e. The summed E-state index contributed by atoms with van der Waals surface area (Å²) in [6.07, 6.45) is 3.31. The molecule has 2 aromatic rings. The van der Waals surface area contributed by atoms with Gasteiger partial charge in [-0.3, -0.25) is 9.78 Å². The first-order valence-electron chi connectivity index (χ1n) is 7.31. The third kappa shape index (κ3) is 6.24. The lowest BCUT2D eigenvalue weighted by atomic mass is 10.0. The molecule has 2 rings (SSSR count). The van der Waals surface area contributed by atoms with Crippen LogP contribution in [0, 0.1) is 5.92 Å². The third-order valence-corrected chi connectivity index (χ3v) is 3.27. The number of hydrogen-bond acceptors (Lipinski definition) is 7. The Morgan fingerprint density at radius 2 is 2.12 bits per heavy atom. The molecule has 1 amide bonds. The lowest BCUT2D eigenvalue weighted by Crippen LogP contribution is -2.45. The largest absolute Gasteiger partial charge is 0.383 e. The molecule has 8 nitrogen and oxygen atoms in total. The van der Waals surface area contributed by atoms with Crippen molar-refractivity contribution in [2.24, 2.45) is 11.7 Å². The van der Waals surface area contributed by atoms with E-state index in [1.807, 2.05) is 19.9 Å². The topological polar surface area (TPSA) is 116 Å². The predicted molar refractivity (Wildman–Crippen MR) is 97.6 cm³/mol. The fourth-order valence-corrected chi connectivity index (χ4v) is 2.00. The van der Waals surface area contributed by atoms with Crippen LogP contribution in [-0.2, 0) is 9.53 Å². The Balaban J connectivity index is 0.00000288. The summed E-state index contributed by atoms with van der Waals surface area (Å²) in [5.74, 6) is 0.480. The normalized spacial score (nSPS) is 12.7. The van der Waals surface area contributed by atoms with E-state index in [1.54, 1.807) is 18.5 Å². The SMILES string of the molecule is COCC(N)C(=O)NC(c1nc(-c2cccnc2)no1)C(C)C.Cl.Cl. The van der Waals surface area contributed by atoms with Gasteiger partial charge in [-0.25, -0.2) is 0 Å². The van der Waals surface area contributed by atoms with Crippen LogP contribution < -0.4 is 11.1 Å². The first kappa shape index (κ1) is 23.3. The van der Waals surface area contributed by atoms with Gasteiger partial charge in [-0.2, -0.15) is 4.98 Å². The van der Waals surface area contributed by atoms with Gasteiger partial charge in [0, 0.05) is 25.1 Å². The summed E-state index contributed by atoms with van der Waals surface area (Å²) >= 11 is 0. The lowest BCUT2D eigenvalue weighted by Gasteiger charge is -2.20. The van der Waals surface area contributed by atoms with Crippen LogP contribution in [0.5, 0.6) is 0 Å². The molecule has 3 N–H and O–H groups in total. The Labute approximate surface area is 158 Å². The third-order valence-electron chi connectivity index (χ3n) is 3.27. The Morgan fingerprint density at radius 1 is 1.40 bits per heavy atom. The average Bonchev–Trinajstić information content (AvgIpc) is 3.02. The van der Waals surface area contributed by atoms with E-state index in [4.69, 9.17) is 15.0 Å². The molecular weight excluding hydrogens is 369 g/mol. The van der Waals surface area contributed by atoms with Crippen molar-refractivity contribution >= 4 is 30.7 Å². The summed E-state index contributed by atoms with van der Waals surface area (Å²) in [6.45, 7) is 4.03. The number of aromatic nitrogens is 3. The van der Waals surface area contributed by atoms with Gasteiger partial charge in [0.05, 0.1) is 6.61 Å². The van der Waals surface area contributed by atoms with Crippen molar-refractivity contribution < 1.29 is 14.1 Å². The van der Waals surface area contributed by atoms with Gasteiger partial charge in [-0.05, 0) is 18.1 Å². The minimum absolute atomic E-state index is 0. The van der Waals surface area contributed by atoms with Crippen LogP contribution in [0.2, 0.25) is 0 Å². The number of amides is 1. The molecule has 0 aromatic carbocycles. The maximum absolute atomic E-state index is 12.1. The van der Waals surface area contributed by atoms with Crippen LogP contribution in [0.3, 0.4) is 0 Å². The number of methoxy groups -OCH3 is 1. The van der Waals surface area contributed by atoms with Gasteiger partial charge in [0.15, 0.2) is 0 Å². The molecule has 0 aliphatic heterocycles. The quantitative estimate of drug-likeness (QED) is 0.738. The highest BCUT2D eigenvalue weighted by Gasteiger charge is 2.26. The number of hydrogen-bond donors (Lipinski definition) is 2. The first-order valence-corrected chi connectivity index (χ1v) is 7.31. The molecule has 25 heavy (non-hydrogen) atoms. The monoisotopic (exact) mass is 391 g/mol. The Morgan fingerprint density at radius 3 is 2.68 bits per heavy atom. The van der Waals surface area contributed by atoms with Gasteiger partial charge in [0.25, 0.3) is 0 Å². The summed E-state index contributed by atoms with van der Waals surface area (Å²) in [4.78, 5) is 20.5. The number of halogens is 2. The number of rotatable bonds is 7. The van der Waals surface area contributed by atoms with E-state index >= 15 is 0 Å². The molecule has 0 radical (unpaired) electrons. The first-order chi connectivity index (χ1) is 11.0. The molecule has 10 heteroatoms. The summed E-state index contributed by atoms with van der Waals surface area (Å²) in [6, 6.07) is 2.45. The number of nitrogens with one attached hydrogen (secondary N) is 1. The number of ether oxygens (including phenoxy) is 1. The fraction of sp³-hybridized carbons (Fsp3) is 0.467. The van der Waals surface area contributed by atoms with Crippen LogP contribution in [0.1, 0.15) is 25.8 Å². The zero-order valence-corrected chi connectivity index (χ0v) is 15.8. The molecule has 2 heterocycles. The summed E-state index contributed by atoms with van der Waals surface area (Å²) in [7, 11) is 1.49. The molecule has 2 aromatic heterocycles. The van der Waals surface area contributed by atoms with E-state index in [0.29, 0.717) is 11.7 Å². The summed E-state index contributed by atoms with van der Waals surface area (Å²) in [5.41, 5.74) is 6.48. The van der Waals surface area contributed by atoms with E-state index in [0.717, 1.165) is 5.56 Å². The zero-order chi connectivity index (χ0) is 16.8. The van der Waals surface area contributed by atoms with E-state index in [1.165, 1.54) is 7.11 Å². The second-order valence-electron chi connectivity index (χ2n) is 5.49. The Kier molecular flexibility index (Phi) is 10.2. The van der Waals surface area contributed by atoms with Crippen LogP contribution in [-0.4, -0.2) is 40.8 Å². The van der Waals surface area contributed by atoms with Crippen molar-refractivity contribution in [1.82, 2.24) is 20.4 Å². The Bertz CT molecular complexity index is 639. The van der Waals surface area contributed by atoms with Crippen molar-refractivity contribution in [2.75, 3.05) is 13.7 Å². The maximum Gasteiger partial charge on any atom is 0.249 e. The van der Waals surface area contributed by atoms with E-state index in [-0.39, 0.29) is 43.2 Å². The minimum Gasteiger partial charge on any atom is -0.383 e. The second-order valence-corrected chi connectivity index (χ2v) is 5.49. The molecule has 0 aliphatic rings. The van der Waals surface area contributed by atoms with Crippen LogP contribution in [0.15, 0.2) is 29.0 Å². The number of carbonyl (C=O) groups excluding carboxylic acids is 1. The Hall–Kier alpha value is -1.74. The van der Waals surface area contributed by atoms with Crippen molar-refractivity contribution in [2.45, 2.75) is 25.9 Å². The molecule has 140 valence electrons. The standard InChI is InChI=1S/C15H21N5O3.2ClH/c1-9(2)12(18-14(21)11(16)8-22-3)15-19-13(20-23-15)10-5-4-6-17-7-10;;/h4-7,9,11-12H,8,16H2,1-3H3,(H,18,21);2*1H. The highest BCUT2D eigenvalue weighted by atomic mass is 35.5. The molecule has 0 aliphatic carbocycles. The molecule has 0 bridgehead atoms. The number of nitrogens with zero attached hydrogens (tertiary/aromatic N) is 3. The van der Waals surface area contributed by atoms with Crippen molar-refractivity contribution in [1.29, 1.82) is 0 Å². The maximum atomic E-state index is 12.1. The van der Waals surface area contributed by atoms with Crippen molar-refractivity contribution in [3.8, 4) is 11.4 Å². The molecule has 2 unspecified atom stereocenters. The second kappa shape index (κ2) is 11.0. The summed E-state index contributed by atoms with van der Waals surface area (Å²) in [5, 5.41) is 6.77. The molecule has 2 atom stereocenters. The fourth-order valence-electron chi connectivity index (χ4n) is 2.00. The van der Waals surface area contributed by atoms with E-state index in [2.05, 4.69) is 20.4 Å². The molecule has 0 saturated carbocycles. The van der Waals surface area contributed by atoms with Gasteiger partial charge < -0.3 is 20.3 Å². The van der Waals surface area contributed by atoms with Gasteiger partial charge in [-0.1, -0.05) is 19.0 Å². The molecule has 0 saturated heterocycles. The average molecular weight is 392 g/mol. The highest BCUT2D eigenvalue weighted by Crippen LogP contribution is 2.23. The lowest BCUT2D eigenvalue weighted by molar-refractivity contribution is -0.124. The molecule has 0 spiro atoms.